The van der Waals surface area contributed by atoms with Crippen molar-refractivity contribution in [3.63, 3.8) is 0 Å². The summed E-state index contributed by atoms with van der Waals surface area (Å²) in [7, 11) is 1.74. The number of primary amides is 1. The monoisotopic (exact) mass is 130 g/mol. The maximum Gasteiger partial charge on any atom is 0.234 e. The Morgan fingerprint density at radius 2 is 2.33 bits per heavy atom. The molecule has 0 spiro atoms. The van der Waals surface area contributed by atoms with Crippen molar-refractivity contribution in [1.82, 2.24) is 5.32 Å². The number of nitrogens with two attached hydrogens (primary N) is 1. The molecule has 0 saturated heterocycles. The van der Waals surface area contributed by atoms with Gasteiger partial charge in [-0.25, -0.2) is 0 Å². The summed E-state index contributed by atoms with van der Waals surface area (Å²) in [6, 6.07) is -0.144. The Bertz CT molecular complexity index is 93.1. The van der Waals surface area contributed by atoms with Crippen LogP contribution in [0.1, 0.15) is 19.8 Å². The van der Waals surface area contributed by atoms with Crippen molar-refractivity contribution in [3.05, 3.63) is 0 Å². The van der Waals surface area contributed by atoms with Gasteiger partial charge in [0.05, 0.1) is 6.04 Å². The zero-order valence-corrected chi connectivity index (χ0v) is 5.98. The highest BCUT2D eigenvalue weighted by atomic mass is 16.1. The molecular weight excluding hydrogens is 116 g/mol. The molecule has 9 heavy (non-hydrogen) atoms. The highest BCUT2D eigenvalue weighted by Gasteiger charge is 2.09. The summed E-state index contributed by atoms with van der Waals surface area (Å²) in [5.41, 5.74) is 5.03. The van der Waals surface area contributed by atoms with Crippen LogP contribution in [-0.4, -0.2) is 19.0 Å². The van der Waals surface area contributed by atoms with Crippen LogP contribution in [0, 0.1) is 0 Å². The van der Waals surface area contributed by atoms with Crippen molar-refractivity contribution < 1.29 is 4.79 Å². The number of rotatable bonds is 4. The van der Waals surface area contributed by atoms with Crippen LogP contribution in [0.25, 0.3) is 0 Å². The highest BCUT2D eigenvalue weighted by molar-refractivity contribution is 5.79. The summed E-state index contributed by atoms with van der Waals surface area (Å²) in [4.78, 5) is 10.5. The average Bonchev–Trinajstić information content (AvgIpc) is 1.82. The van der Waals surface area contributed by atoms with E-state index in [2.05, 4.69) is 5.32 Å². The van der Waals surface area contributed by atoms with Gasteiger partial charge in [-0.15, -0.1) is 0 Å². The molecule has 0 radical (unpaired) electrons. The third-order valence-corrected chi connectivity index (χ3v) is 1.27. The number of carbonyl (C=O) groups is 1. The summed E-state index contributed by atoms with van der Waals surface area (Å²) in [6.07, 6.45) is 1.81. The fourth-order valence-corrected chi connectivity index (χ4v) is 0.718. The van der Waals surface area contributed by atoms with E-state index < -0.39 is 0 Å². The lowest BCUT2D eigenvalue weighted by molar-refractivity contribution is -0.120. The van der Waals surface area contributed by atoms with Crippen molar-refractivity contribution in [3.8, 4) is 0 Å². The highest BCUT2D eigenvalue weighted by Crippen LogP contribution is 1.93. The van der Waals surface area contributed by atoms with Gasteiger partial charge in [-0.1, -0.05) is 13.3 Å². The molecule has 0 unspecified atom stereocenters. The summed E-state index contributed by atoms with van der Waals surface area (Å²) in [5, 5.41) is 2.83. The standard InChI is InChI=1S/C6H14N2O/c1-3-4-5(8-2)6(7)9/h5,8H,3-4H2,1-2H3,(H2,7,9)/t5-/m1/s1. The summed E-state index contributed by atoms with van der Waals surface area (Å²) < 4.78 is 0. The third kappa shape index (κ3) is 3.08. The van der Waals surface area contributed by atoms with Crippen molar-refractivity contribution in [2.45, 2.75) is 25.8 Å². The maximum absolute atomic E-state index is 10.5. The average molecular weight is 130 g/mol. The van der Waals surface area contributed by atoms with Gasteiger partial charge in [-0.05, 0) is 13.5 Å². The maximum atomic E-state index is 10.5. The molecule has 0 saturated carbocycles. The Labute approximate surface area is 55.6 Å². The van der Waals surface area contributed by atoms with Crippen LogP contribution < -0.4 is 11.1 Å². The molecule has 0 heterocycles. The van der Waals surface area contributed by atoms with Gasteiger partial charge in [-0.2, -0.15) is 0 Å². The second-order valence-electron chi connectivity index (χ2n) is 2.03. The Morgan fingerprint density at radius 3 is 2.44 bits per heavy atom. The molecule has 0 aliphatic heterocycles. The van der Waals surface area contributed by atoms with Gasteiger partial charge in [0.15, 0.2) is 0 Å². The molecule has 0 rings (SSSR count). The number of hydrogen-bond acceptors (Lipinski definition) is 2. The minimum absolute atomic E-state index is 0.144. The first kappa shape index (κ1) is 8.43. The van der Waals surface area contributed by atoms with Crippen molar-refractivity contribution in [1.29, 1.82) is 0 Å². The molecule has 0 aliphatic rings. The number of hydrogen-bond donors (Lipinski definition) is 2. The predicted molar refractivity (Wildman–Crippen MR) is 37.0 cm³/mol. The van der Waals surface area contributed by atoms with Gasteiger partial charge >= 0.3 is 0 Å². The Kier molecular flexibility index (Phi) is 4.05. The van der Waals surface area contributed by atoms with Crippen LogP contribution in [0.4, 0.5) is 0 Å². The normalized spacial score (nSPS) is 13.1. The van der Waals surface area contributed by atoms with E-state index in [-0.39, 0.29) is 11.9 Å². The zero-order valence-electron chi connectivity index (χ0n) is 5.98. The predicted octanol–water partition coefficient (Wildman–Crippen LogP) is -0.140. The molecule has 0 fully saturated rings. The largest absolute Gasteiger partial charge is 0.368 e. The van der Waals surface area contributed by atoms with E-state index in [4.69, 9.17) is 5.73 Å². The van der Waals surface area contributed by atoms with E-state index in [0.29, 0.717) is 0 Å². The van der Waals surface area contributed by atoms with Crippen LogP contribution >= 0.6 is 0 Å². The molecule has 3 N–H and O–H groups in total. The first-order valence-corrected chi connectivity index (χ1v) is 3.19. The molecule has 0 bridgehead atoms. The molecule has 3 heteroatoms. The van der Waals surface area contributed by atoms with Crippen LogP contribution in [0.2, 0.25) is 0 Å². The summed E-state index contributed by atoms with van der Waals surface area (Å²) in [6.45, 7) is 2.02. The van der Waals surface area contributed by atoms with E-state index in [9.17, 15) is 4.79 Å². The molecule has 3 nitrogen and oxygen atoms in total. The second-order valence-corrected chi connectivity index (χ2v) is 2.03. The Morgan fingerprint density at radius 1 is 1.78 bits per heavy atom. The van der Waals surface area contributed by atoms with Crippen LogP contribution in [-0.2, 0) is 4.79 Å². The molecule has 0 aliphatic carbocycles. The fourth-order valence-electron chi connectivity index (χ4n) is 0.718. The minimum atomic E-state index is -0.264. The summed E-state index contributed by atoms with van der Waals surface area (Å²) >= 11 is 0. The SMILES string of the molecule is CCC[C@@H](NC)C(N)=O. The van der Waals surface area contributed by atoms with E-state index in [1.54, 1.807) is 7.05 Å². The molecule has 0 aromatic rings. The van der Waals surface area contributed by atoms with E-state index in [1.807, 2.05) is 6.92 Å². The van der Waals surface area contributed by atoms with Crippen molar-refractivity contribution >= 4 is 5.91 Å². The van der Waals surface area contributed by atoms with Crippen LogP contribution in [0.15, 0.2) is 0 Å². The first-order valence-electron chi connectivity index (χ1n) is 3.19. The third-order valence-electron chi connectivity index (χ3n) is 1.27. The summed E-state index contributed by atoms with van der Waals surface area (Å²) in [5.74, 6) is -0.264. The van der Waals surface area contributed by atoms with Crippen LogP contribution in [0.3, 0.4) is 0 Å². The van der Waals surface area contributed by atoms with E-state index >= 15 is 0 Å². The van der Waals surface area contributed by atoms with E-state index in [1.165, 1.54) is 0 Å². The van der Waals surface area contributed by atoms with Gasteiger partial charge in [0, 0.05) is 0 Å². The number of carbonyl (C=O) groups excluding carboxylic acids is 1. The van der Waals surface area contributed by atoms with Gasteiger partial charge in [0.25, 0.3) is 0 Å². The lowest BCUT2D eigenvalue weighted by Crippen LogP contribution is -2.38. The molecule has 1 atom stereocenters. The number of amides is 1. The fraction of sp³-hybridized carbons (Fsp3) is 0.833. The van der Waals surface area contributed by atoms with Gasteiger partial charge in [-0.3, -0.25) is 4.79 Å². The first-order chi connectivity index (χ1) is 4.22. The number of nitrogens with one attached hydrogen (secondary N) is 1. The van der Waals surface area contributed by atoms with Gasteiger partial charge in [0.2, 0.25) is 5.91 Å². The Balaban J connectivity index is 3.54. The van der Waals surface area contributed by atoms with Crippen molar-refractivity contribution in [2.24, 2.45) is 5.73 Å². The number of likely N-dealkylation sites (N-methyl/N-ethyl adjacent to an activating group) is 1. The van der Waals surface area contributed by atoms with E-state index in [0.717, 1.165) is 12.8 Å². The van der Waals surface area contributed by atoms with Crippen molar-refractivity contribution in [2.75, 3.05) is 7.05 Å². The molecular formula is C6H14N2O. The molecule has 54 valence electrons. The molecule has 1 amide bonds. The molecule has 0 aromatic heterocycles. The van der Waals surface area contributed by atoms with Gasteiger partial charge < -0.3 is 11.1 Å². The Hall–Kier alpha value is -0.570. The second kappa shape index (κ2) is 4.32. The lowest BCUT2D eigenvalue weighted by Gasteiger charge is -2.08. The van der Waals surface area contributed by atoms with Gasteiger partial charge in [0.1, 0.15) is 0 Å². The zero-order chi connectivity index (χ0) is 7.28. The minimum Gasteiger partial charge on any atom is -0.368 e. The molecule has 0 aromatic carbocycles. The topological polar surface area (TPSA) is 55.1 Å². The lowest BCUT2D eigenvalue weighted by atomic mass is 10.1. The smallest absolute Gasteiger partial charge is 0.234 e. The quantitative estimate of drug-likeness (QED) is 0.556. The van der Waals surface area contributed by atoms with Crippen LogP contribution in [0.5, 0.6) is 0 Å².